The third kappa shape index (κ3) is 6.96. The summed E-state index contributed by atoms with van der Waals surface area (Å²) in [5.41, 5.74) is 0. The zero-order valence-corrected chi connectivity index (χ0v) is 10.0. The van der Waals surface area contributed by atoms with Gasteiger partial charge in [0, 0.05) is 37.4 Å². The average Bonchev–Trinajstić information content (AvgIpc) is 2.08. The molecule has 0 fully saturated rings. The number of carbonyl (C=O) groups is 1. The van der Waals surface area contributed by atoms with E-state index in [9.17, 15) is 4.79 Å². The van der Waals surface area contributed by atoms with Crippen LogP contribution in [0.15, 0.2) is 12.3 Å². The third-order valence-electron chi connectivity index (χ3n) is 2.18. The van der Waals surface area contributed by atoms with E-state index in [1.807, 2.05) is 0 Å². The van der Waals surface area contributed by atoms with Crippen molar-refractivity contribution in [3.05, 3.63) is 12.3 Å². The topological polar surface area (TPSA) is 52.6 Å². The second-order valence-corrected chi connectivity index (χ2v) is 4.05. The van der Waals surface area contributed by atoms with Crippen LogP contribution in [0.25, 0.3) is 0 Å². The van der Waals surface area contributed by atoms with Crippen LogP contribution in [0.4, 0.5) is 0 Å². The Balaban J connectivity index is 3.77. The van der Waals surface area contributed by atoms with E-state index in [0.29, 0.717) is 12.1 Å². The summed E-state index contributed by atoms with van der Waals surface area (Å²) in [5.74, 6) is -0.924. The van der Waals surface area contributed by atoms with E-state index in [0.717, 1.165) is 19.2 Å². The van der Waals surface area contributed by atoms with Gasteiger partial charge in [-0.25, -0.2) is 4.79 Å². The van der Waals surface area contributed by atoms with E-state index in [-0.39, 0.29) is 0 Å². The van der Waals surface area contributed by atoms with Crippen LogP contribution in [0, 0.1) is 0 Å². The van der Waals surface area contributed by atoms with Gasteiger partial charge in [-0.1, -0.05) is 0 Å². The molecule has 0 atom stereocenters. The van der Waals surface area contributed by atoms with E-state index in [4.69, 9.17) is 5.11 Å². The maximum atomic E-state index is 10.2. The summed E-state index contributed by atoms with van der Waals surface area (Å²) in [6, 6.07) is 1.02. The highest BCUT2D eigenvalue weighted by Crippen LogP contribution is 2.02. The van der Waals surface area contributed by atoms with Crippen molar-refractivity contribution >= 4 is 5.97 Å². The van der Waals surface area contributed by atoms with Gasteiger partial charge >= 0.3 is 5.97 Å². The molecule has 0 saturated heterocycles. The minimum absolute atomic E-state index is 0.509. The predicted octanol–water partition coefficient (Wildman–Crippen LogP) is 1.29. The molecule has 4 nitrogen and oxygen atoms in total. The van der Waals surface area contributed by atoms with E-state index in [1.54, 1.807) is 0 Å². The number of aliphatic carboxylic acids is 1. The lowest BCUT2D eigenvalue weighted by Gasteiger charge is -2.30. The summed E-state index contributed by atoms with van der Waals surface area (Å²) in [7, 11) is 0. The molecule has 0 heterocycles. The van der Waals surface area contributed by atoms with Crippen molar-refractivity contribution < 1.29 is 9.90 Å². The predicted molar refractivity (Wildman–Crippen MR) is 61.8 cm³/mol. The Bertz CT molecular complexity index is 205. The van der Waals surface area contributed by atoms with Crippen molar-refractivity contribution in [2.24, 2.45) is 0 Å². The normalized spacial score (nSPS) is 11.9. The molecule has 0 amide bonds. The molecule has 0 rings (SSSR count). The highest BCUT2D eigenvalue weighted by molar-refractivity contribution is 5.79. The van der Waals surface area contributed by atoms with Gasteiger partial charge in [0.25, 0.3) is 0 Å². The van der Waals surface area contributed by atoms with Crippen molar-refractivity contribution in [3.63, 3.8) is 0 Å². The Morgan fingerprint density at radius 1 is 1.33 bits per heavy atom. The fraction of sp³-hybridized carbons (Fsp3) is 0.727. The van der Waals surface area contributed by atoms with Gasteiger partial charge in [-0.15, -0.1) is 0 Å². The summed E-state index contributed by atoms with van der Waals surface area (Å²) in [6.07, 6.45) is 2.58. The van der Waals surface area contributed by atoms with Gasteiger partial charge in [0.1, 0.15) is 0 Å². The van der Waals surface area contributed by atoms with Crippen LogP contribution < -0.4 is 5.32 Å². The molecule has 0 saturated carbocycles. The number of nitrogens with zero attached hydrogens (tertiary/aromatic N) is 1. The lowest BCUT2D eigenvalue weighted by atomic mass is 10.2. The summed E-state index contributed by atoms with van der Waals surface area (Å²) in [4.78, 5) is 12.5. The zero-order valence-electron chi connectivity index (χ0n) is 10.0. The Morgan fingerprint density at radius 3 is 2.27 bits per heavy atom. The van der Waals surface area contributed by atoms with E-state index < -0.39 is 5.97 Å². The molecule has 0 aromatic rings. The second kappa shape index (κ2) is 7.29. The number of rotatable bonds is 7. The summed E-state index contributed by atoms with van der Waals surface area (Å²) >= 11 is 0. The molecule has 0 aromatic carbocycles. The Labute approximate surface area is 92.0 Å². The SMILES string of the molecule is CC(C)N(CCN/C=C/C(=O)O)C(C)C. The number of nitrogens with one attached hydrogen (secondary N) is 1. The molecule has 15 heavy (non-hydrogen) atoms. The van der Waals surface area contributed by atoms with E-state index >= 15 is 0 Å². The zero-order chi connectivity index (χ0) is 11.8. The van der Waals surface area contributed by atoms with Gasteiger partial charge < -0.3 is 10.4 Å². The molecule has 0 unspecified atom stereocenters. The Kier molecular flexibility index (Phi) is 6.79. The highest BCUT2D eigenvalue weighted by Gasteiger charge is 2.11. The molecule has 0 radical (unpaired) electrons. The quantitative estimate of drug-likeness (QED) is 0.495. The molecule has 0 aliphatic carbocycles. The third-order valence-corrected chi connectivity index (χ3v) is 2.18. The lowest BCUT2D eigenvalue weighted by molar-refractivity contribution is -0.131. The van der Waals surface area contributed by atoms with Crippen molar-refractivity contribution in [1.29, 1.82) is 0 Å². The van der Waals surface area contributed by atoms with Gasteiger partial charge in [0.05, 0.1) is 0 Å². The van der Waals surface area contributed by atoms with Gasteiger partial charge in [0.15, 0.2) is 0 Å². The smallest absolute Gasteiger partial charge is 0.329 e. The van der Waals surface area contributed by atoms with Crippen molar-refractivity contribution in [2.75, 3.05) is 13.1 Å². The summed E-state index contributed by atoms with van der Waals surface area (Å²) in [5, 5.41) is 11.3. The molecule has 0 aliphatic rings. The molecule has 0 aromatic heterocycles. The average molecular weight is 214 g/mol. The number of hydrogen-bond donors (Lipinski definition) is 2. The summed E-state index contributed by atoms with van der Waals surface area (Å²) < 4.78 is 0. The van der Waals surface area contributed by atoms with Crippen LogP contribution in [0.2, 0.25) is 0 Å². The molecular weight excluding hydrogens is 192 g/mol. The Hall–Kier alpha value is -1.03. The minimum Gasteiger partial charge on any atom is -0.478 e. The largest absolute Gasteiger partial charge is 0.478 e. The van der Waals surface area contributed by atoms with E-state index in [1.165, 1.54) is 6.20 Å². The first-order valence-electron chi connectivity index (χ1n) is 5.33. The first kappa shape index (κ1) is 14.0. The van der Waals surface area contributed by atoms with Crippen LogP contribution in [0.1, 0.15) is 27.7 Å². The molecule has 0 aliphatic heterocycles. The van der Waals surface area contributed by atoms with Gasteiger partial charge in [-0.05, 0) is 27.7 Å². The van der Waals surface area contributed by atoms with E-state index in [2.05, 4.69) is 37.9 Å². The summed E-state index contributed by atoms with van der Waals surface area (Å²) in [6.45, 7) is 10.3. The first-order valence-corrected chi connectivity index (χ1v) is 5.33. The molecule has 88 valence electrons. The fourth-order valence-electron chi connectivity index (χ4n) is 1.52. The monoisotopic (exact) mass is 214 g/mol. The highest BCUT2D eigenvalue weighted by atomic mass is 16.4. The van der Waals surface area contributed by atoms with Crippen LogP contribution >= 0.6 is 0 Å². The molecular formula is C11H22N2O2. The number of carboxylic acids is 1. The van der Waals surface area contributed by atoms with Crippen LogP contribution in [-0.2, 0) is 4.79 Å². The Morgan fingerprint density at radius 2 is 1.87 bits per heavy atom. The maximum absolute atomic E-state index is 10.2. The second-order valence-electron chi connectivity index (χ2n) is 4.05. The molecule has 0 spiro atoms. The van der Waals surface area contributed by atoms with Gasteiger partial charge in [0.2, 0.25) is 0 Å². The minimum atomic E-state index is -0.924. The molecule has 0 bridgehead atoms. The van der Waals surface area contributed by atoms with Crippen LogP contribution in [0.5, 0.6) is 0 Å². The van der Waals surface area contributed by atoms with Gasteiger partial charge in [-0.3, -0.25) is 4.90 Å². The first-order chi connectivity index (χ1) is 6.95. The van der Waals surface area contributed by atoms with Crippen molar-refractivity contribution in [1.82, 2.24) is 10.2 Å². The standard InChI is InChI=1S/C11H22N2O2/c1-9(2)13(10(3)4)8-7-12-6-5-11(14)15/h5-6,9-10,12H,7-8H2,1-4H3,(H,14,15)/b6-5+. The molecule has 2 N–H and O–H groups in total. The van der Waals surface area contributed by atoms with Gasteiger partial charge in [-0.2, -0.15) is 0 Å². The van der Waals surface area contributed by atoms with Crippen molar-refractivity contribution in [3.8, 4) is 0 Å². The number of hydrogen-bond acceptors (Lipinski definition) is 3. The van der Waals surface area contributed by atoms with Crippen LogP contribution in [0.3, 0.4) is 0 Å². The van der Waals surface area contributed by atoms with Crippen LogP contribution in [-0.4, -0.2) is 41.1 Å². The van der Waals surface area contributed by atoms with Crippen molar-refractivity contribution in [2.45, 2.75) is 39.8 Å². The maximum Gasteiger partial charge on any atom is 0.329 e. The fourth-order valence-corrected chi connectivity index (χ4v) is 1.52. The lowest BCUT2D eigenvalue weighted by Crippen LogP contribution is -2.40. The molecule has 4 heteroatoms. The number of carboxylic acid groups (broad SMARTS) is 1.